The maximum absolute atomic E-state index is 13.1. The number of carbonyl (C=O) groups excluding carboxylic acids is 2. The molecule has 25 heavy (non-hydrogen) atoms. The van der Waals surface area contributed by atoms with Crippen molar-refractivity contribution in [3.63, 3.8) is 0 Å². The van der Waals surface area contributed by atoms with Gasteiger partial charge in [-0.15, -0.1) is 0 Å². The van der Waals surface area contributed by atoms with Gasteiger partial charge in [-0.1, -0.05) is 36.2 Å². The van der Waals surface area contributed by atoms with Gasteiger partial charge < -0.3 is 10.1 Å². The van der Waals surface area contributed by atoms with Crippen LogP contribution >= 0.6 is 11.6 Å². The highest BCUT2D eigenvalue weighted by Crippen LogP contribution is 2.44. The van der Waals surface area contributed by atoms with Crippen molar-refractivity contribution < 1.29 is 18.7 Å². The van der Waals surface area contributed by atoms with Crippen LogP contribution in [0.3, 0.4) is 0 Å². The molecule has 1 N–H and O–H groups in total. The van der Waals surface area contributed by atoms with Crippen molar-refractivity contribution in [2.75, 3.05) is 11.9 Å². The van der Waals surface area contributed by atoms with Crippen molar-refractivity contribution in [1.82, 2.24) is 0 Å². The molecule has 0 unspecified atom stereocenters. The Balaban J connectivity index is 1.61. The van der Waals surface area contributed by atoms with Crippen LogP contribution in [-0.4, -0.2) is 18.5 Å². The molecular formula is C19H17ClFNO3. The molecule has 0 bridgehead atoms. The number of carbonyl (C=O) groups is 2. The third kappa shape index (κ3) is 3.82. The summed E-state index contributed by atoms with van der Waals surface area (Å²) < 4.78 is 18.3. The summed E-state index contributed by atoms with van der Waals surface area (Å²) in [6.45, 7) is -0.381. The van der Waals surface area contributed by atoms with E-state index in [2.05, 4.69) is 5.32 Å². The maximum atomic E-state index is 13.1. The summed E-state index contributed by atoms with van der Waals surface area (Å²) in [5, 5.41) is 3.12. The van der Waals surface area contributed by atoms with Gasteiger partial charge in [-0.2, -0.15) is 0 Å². The number of benzene rings is 2. The van der Waals surface area contributed by atoms with Gasteiger partial charge in [-0.3, -0.25) is 9.59 Å². The monoisotopic (exact) mass is 361 g/mol. The van der Waals surface area contributed by atoms with Gasteiger partial charge in [0.25, 0.3) is 5.91 Å². The first-order chi connectivity index (χ1) is 12.0. The summed E-state index contributed by atoms with van der Waals surface area (Å²) in [4.78, 5) is 24.5. The predicted molar refractivity (Wildman–Crippen MR) is 93.0 cm³/mol. The first-order valence-electron chi connectivity index (χ1n) is 7.98. The summed E-state index contributed by atoms with van der Waals surface area (Å²) in [5.41, 5.74) is 0.482. The molecule has 1 saturated carbocycles. The third-order valence-corrected chi connectivity index (χ3v) is 4.67. The zero-order valence-electron chi connectivity index (χ0n) is 13.4. The van der Waals surface area contributed by atoms with Crippen LogP contribution in [0.4, 0.5) is 10.1 Å². The Morgan fingerprint density at radius 3 is 2.48 bits per heavy atom. The number of nitrogens with one attached hydrogen (secondary N) is 1. The van der Waals surface area contributed by atoms with Gasteiger partial charge in [0.2, 0.25) is 0 Å². The molecule has 0 saturated heterocycles. The molecule has 130 valence electrons. The summed E-state index contributed by atoms with van der Waals surface area (Å²) >= 11 is 5.86. The number of rotatable bonds is 5. The normalized spacial score (nSPS) is 15.1. The Labute approximate surface area is 149 Å². The van der Waals surface area contributed by atoms with E-state index in [0.29, 0.717) is 23.6 Å². The Hall–Kier alpha value is -2.40. The van der Waals surface area contributed by atoms with E-state index >= 15 is 0 Å². The van der Waals surface area contributed by atoms with Crippen molar-refractivity contribution in [2.45, 2.75) is 24.7 Å². The fraction of sp³-hybridized carbons (Fsp3) is 0.263. The van der Waals surface area contributed by atoms with Crippen LogP contribution in [0.15, 0.2) is 48.5 Å². The fourth-order valence-electron chi connectivity index (χ4n) is 2.94. The fourth-order valence-corrected chi connectivity index (χ4v) is 3.13. The van der Waals surface area contributed by atoms with Crippen LogP contribution < -0.4 is 5.32 Å². The van der Waals surface area contributed by atoms with E-state index in [4.69, 9.17) is 16.3 Å². The number of amides is 1. The van der Waals surface area contributed by atoms with Crippen molar-refractivity contribution in [3.05, 3.63) is 64.9 Å². The summed E-state index contributed by atoms with van der Waals surface area (Å²) in [7, 11) is 0. The Morgan fingerprint density at radius 1 is 1.16 bits per heavy atom. The second-order valence-electron chi connectivity index (χ2n) is 6.08. The second kappa shape index (κ2) is 7.23. The SMILES string of the molecule is O=C(COC(=O)C1(c2ccc(F)cc2)CCC1)Nc1cccc(Cl)c1. The second-order valence-corrected chi connectivity index (χ2v) is 6.51. The maximum Gasteiger partial charge on any atom is 0.317 e. The van der Waals surface area contributed by atoms with E-state index in [1.807, 2.05) is 0 Å². The molecular weight excluding hydrogens is 345 g/mol. The van der Waals surface area contributed by atoms with Crippen LogP contribution in [0, 0.1) is 5.82 Å². The van der Waals surface area contributed by atoms with E-state index in [-0.39, 0.29) is 12.4 Å². The van der Waals surface area contributed by atoms with Crippen LogP contribution in [-0.2, 0) is 19.7 Å². The molecule has 1 amide bonds. The highest BCUT2D eigenvalue weighted by atomic mass is 35.5. The number of ether oxygens (including phenoxy) is 1. The molecule has 0 aliphatic heterocycles. The van der Waals surface area contributed by atoms with Crippen LogP contribution in [0.2, 0.25) is 5.02 Å². The molecule has 0 aromatic heterocycles. The molecule has 0 atom stereocenters. The van der Waals surface area contributed by atoms with E-state index in [0.717, 1.165) is 12.0 Å². The number of hydrogen-bond acceptors (Lipinski definition) is 3. The highest BCUT2D eigenvalue weighted by molar-refractivity contribution is 6.30. The zero-order chi connectivity index (χ0) is 17.9. The zero-order valence-corrected chi connectivity index (χ0v) is 14.2. The Kier molecular flexibility index (Phi) is 5.04. The van der Waals surface area contributed by atoms with Crippen LogP contribution in [0.5, 0.6) is 0 Å². The lowest BCUT2D eigenvalue weighted by atomic mass is 9.64. The first kappa shape index (κ1) is 17.4. The van der Waals surface area contributed by atoms with Crippen LogP contribution in [0.25, 0.3) is 0 Å². The molecule has 1 fully saturated rings. The van der Waals surface area contributed by atoms with Gasteiger partial charge in [0.05, 0.1) is 5.41 Å². The molecule has 0 heterocycles. The van der Waals surface area contributed by atoms with E-state index < -0.39 is 17.3 Å². The average Bonchev–Trinajstić information content (AvgIpc) is 2.54. The minimum absolute atomic E-state index is 0.354. The topological polar surface area (TPSA) is 55.4 Å². The van der Waals surface area contributed by atoms with E-state index in [1.165, 1.54) is 12.1 Å². The molecule has 4 nitrogen and oxygen atoms in total. The van der Waals surface area contributed by atoms with Crippen molar-refractivity contribution >= 4 is 29.2 Å². The number of esters is 1. The molecule has 3 rings (SSSR count). The molecule has 6 heteroatoms. The largest absolute Gasteiger partial charge is 0.455 e. The lowest BCUT2D eigenvalue weighted by Gasteiger charge is -2.39. The highest BCUT2D eigenvalue weighted by Gasteiger charge is 2.47. The smallest absolute Gasteiger partial charge is 0.317 e. The lowest BCUT2D eigenvalue weighted by Crippen LogP contribution is -2.44. The van der Waals surface area contributed by atoms with Crippen molar-refractivity contribution in [1.29, 1.82) is 0 Å². The van der Waals surface area contributed by atoms with Crippen molar-refractivity contribution in [2.24, 2.45) is 0 Å². The molecule has 0 radical (unpaired) electrons. The first-order valence-corrected chi connectivity index (χ1v) is 8.36. The minimum atomic E-state index is -0.774. The Morgan fingerprint density at radius 2 is 1.88 bits per heavy atom. The quantitative estimate of drug-likeness (QED) is 0.816. The molecule has 2 aromatic carbocycles. The van der Waals surface area contributed by atoms with Gasteiger partial charge in [0, 0.05) is 10.7 Å². The standard InChI is InChI=1S/C19H17ClFNO3/c20-14-3-1-4-16(11-14)22-17(23)12-25-18(24)19(9-2-10-19)13-5-7-15(21)8-6-13/h1,3-8,11H,2,9-10,12H2,(H,22,23). The number of anilines is 1. The lowest BCUT2D eigenvalue weighted by molar-refractivity contribution is -0.156. The van der Waals surface area contributed by atoms with Gasteiger partial charge in [-0.05, 0) is 48.7 Å². The summed E-state index contributed by atoms with van der Waals surface area (Å²) in [6.07, 6.45) is 2.15. The molecule has 1 aliphatic carbocycles. The molecule has 0 spiro atoms. The average molecular weight is 362 g/mol. The summed E-state index contributed by atoms with van der Waals surface area (Å²) in [6, 6.07) is 12.6. The Bertz CT molecular complexity index is 788. The molecule has 2 aromatic rings. The van der Waals surface area contributed by atoms with E-state index in [1.54, 1.807) is 36.4 Å². The van der Waals surface area contributed by atoms with Crippen LogP contribution in [0.1, 0.15) is 24.8 Å². The summed E-state index contributed by atoms with van der Waals surface area (Å²) in [5.74, 6) is -1.25. The van der Waals surface area contributed by atoms with Gasteiger partial charge in [0.15, 0.2) is 6.61 Å². The van der Waals surface area contributed by atoms with Crippen molar-refractivity contribution in [3.8, 4) is 0 Å². The predicted octanol–water partition coefficient (Wildman–Crippen LogP) is 4.08. The van der Waals surface area contributed by atoms with Gasteiger partial charge in [0.1, 0.15) is 5.82 Å². The van der Waals surface area contributed by atoms with E-state index in [9.17, 15) is 14.0 Å². The third-order valence-electron chi connectivity index (χ3n) is 4.44. The number of halogens is 2. The minimum Gasteiger partial charge on any atom is -0.455 e. The number of hydrogen-bond donors (Lipinski definition) is 1. The van der Waals surface area contributed by atoms with Gasteiger partial charge >= 0.3 is 5.97 Å². The molecule has 1 aliphatic rings. The van der Waals surface area contributed by atoms with Gasteiger partial charge in [-0.25, -0.2) is 4.39 Å².